The summed E-state index contributed by atoms with van der Waals surface area (Å²) >= 11 is 0. The predicted molar refractivity (Wildman–Crippen MR) is 56.3 cm³/mol. The summed E-state index contributed by atoms with van der Waals surface area (Å²) in [5, 5.41) is 8.41. The Balaban J connectivity index is 3.29. The Bertz CT molecular complexity index is 191. The molecule has 0 unspecified atom stereocenters. The molecule has 0 aromatic heterocycles. The van der Waals surface area contributed by atoms with Gasteiger partial charge in [0.2, 0.25) is 0 Å². The van der Waals surface area contributed by atoms with Crippen molar-refractivity contribution >= 4 is 7.82 Å². The molecule has 1 N–H and O–H groups in total. The summed E-state index contributed by atoms with van der Waals surface area (Å²) in [7, 11) is -0.904. The van der Waals surface area contributed by atoms with E-state index >= 15 is 0 Å². The summed E-state index contributed by atoms with van der Waals surface area (Å²) in [6.45, 7) is 1.44. The third-order valence-corrected chi connectivity index (χ3v) is 2.93. The summed E-state index contributed by atoms with van der Waals surface area (Å²) in [5.41, 5.74) is 0. The molecule has 8 heteroatoms. The lowest BCUT2D eigenvalue weighted by molar-refractivity contribution is 0.0201. The van der Waals surface area contributed by atoms with E-state index in [2.05, 4.69) is 9.05 Å². The van der Waals surface area contributed by atoms with E-state index < -0.39 is 7.82 Å². The summed E-state index contributed by atoms with van der Waals surface area (Å²) in [5.74, 6) is 0. The van der Waals surface area contributed by atoms with Gasteiger partial charge >= 0.3 is 7.82 Å². The van der Waals surface area contributed by atoms with Crippen LogP contribution in [-0.2, 0) is 27.6 Å². The maximum absolute atomic E-state index is 11.4. The molecular formula is C8H19O7P. The summed E-state index contributed by atoms with van der Waals surface area (Å²) in [6.07, 6.45) is 0. The Morgan fingerprint density at radius 2 is 1.44 bits per heavy atom. The summed E-state index contributed by atoms with van der Waals surface area (Å²) in [4.78, 5) is 0. The standard InChI is InChI=1S/C8H19O7P/c1-11-16(10,12-2)15-8-7-14-6-5-13-4-3-9/h9H,3-8H2,1-2H3. The summed E-state index contributed by atoms with van der Waals surface area (Å²) < 4.78 is 35.4. The molecule has 0 amide bonds. The van der Waals surface area contributed by atoms with Gasteiger partial charge in [-0.3, -0.25) is 13.6 Å². The van der Waals surface area contributed by atoms with Gasteiger partial charge in [-0.25, -0.2) is 4.57 Å². The monoisotopic (exact) mass is 258 g/mol. The number of ether oxygens (including phenoxy) is 2. The minimum Gasteiger partial charge on any atom is -0.394 e. The van der Waals surface area contributed by atoms with Crippen molar-refractivity contribution in [3.05, 3.63) is 0 Å². The van der Waals surface area contributed by atoms with Crippen LogP contribution in [0.15, 0.2) is 0 Å². The summed E-state index contributed by atoms with van der Waals surface area (Å²) in [6, 6.07) is 0. The second kappa shape index (κ2) is 10.2. The van der Waals surface area contributed by atoms with Gasteiger partial charge in [0.25, 0.3) is 0 Å². The van der Waals surface area contributed by atoms with Crippen LogP contribution in [0.4, 0.5) is 0 Å². The topological polar surface area (TPSA) is 83.5 Å². The smallest absolute Gasteiger partial charge is 0.394 e. The van der Waals surface area contributed by atoms with Gasteiger partial charge in [-0.1, -0.05) is 0 Å². The molecule has 0 aliphatic rings. The first-order valence-electron chi connectivity index (χ1n) is 4.81. The van der Waals surface area contributed by atoms with E-state index in [1.807, 2.05) is 0 Å². The van der Waals surface area contributed by atoms with Gasteiger partial charge in [-0.2, -0.15) is 0 Å². The molecule has 0 atom stereocenters. The van der Waals surface area contributed by atoms with Gasteiger partial charge in [0.15, 0.2) is 0 Å². The van der Waals surface area contributed by atoms with Gasteiger partial charge in [-0.15, -0.1) is 0 Å². The Labute approximate surface area is 95.2 Å². The first-order chi connectivity index (χ1) is 7.68. The van der Waals surface area contributed by atoms with Crippen molar-refractivity contribution in [2.24, 2.45) is 0 Å². The van der Waals surface area contributed by atoms with Crippen molar-refractivity contribution in [2.75, 3.05) is 53.9 Å². The van der Waals surface area contributed by atoms with E-state index in [-0.39, 0.29) is 19.8 Å². The Morgan fingerprint density at radius 1 is 0.938 bits per heavy atom. The van der Waals surface area contributed by atoms with Crippen molar-refractivity contribution in [3.63, 3.8) is 0 Å². The zero-order chi connectivity index (χ0) is 12.3. The van der Waals surface area contributed by atoms with E-state index in [9.17, 15) is 4.57 Å². The van der Waals surface area contributed by atoms with Crippen LogP contribution >= 0.6 is 7.82 Å². The average Bonchev–Trinajstić information content (AvgIpc) is 2.32. The fraction of sp³-hybridized carbons (Fsp3) is 1.00. The van der Waals surface area contributed by atoms with Crippen molar-refractivity contribution in [1.29, 1.82) is 0 Å². The highest BCUT2D eigenvalue weighted by atomic mass is 31.2. The zero-order valence-corrected chi connectivity index (χ0v) is 10.5. The molecule has 0 fully saturated rings. The molecule has 0 saturated carbocycles. The highest BCUT2D eigenvalue weighted by molar-refractivity contribution is 7.48. The Hall–Kier alpha value is -0.0100. The fourth-order valence-electron chi connectivity index (χ4n) is 0.774. The fourth-order valence-corrected chi connectivity index (χ4v) is 1.43. The van der Waals surface area contributed by atoms with Gasteiger partial charge < -0.3 is 14.6 Å². The number of phosphoric ester groups is 1. The molecule has 0 radical (unpaired) electrons. The lowest BCUT2D eigenvalue weighted by Gasteiger charge is -2.13. The lowest BCUT2D eigenvalue weighted by atomic mass is 10.7. The molecule has 0 aromatic rings. The largest absolute Gasteiger partial charge is 0.474 e. The number of aliphatic hydroxyl groups excluding tert-OH is 1. The number of hydrogen-bond acceptors (Lipinski definition) is 7. The van der Waals surface area contributed by atoms with E-state index in [1.54, 1.807) is 0 Å². The van der Waals surface area contributed by atoms with Crippen molar-refractivity contribution in [1.82, 2.24) is 0 Å². The van der Waals surface area contributed by atoms with Crippen molar-refractivity contribution in [3.8, 4) is 0 Å². The molecule has 0 rings (SSSR count). The van der Waals surface area contributed by atoms with Crippen LogP contribution in [0, 0.1) is 0 Å². The number of phosphoric acid groups is 1. The lowest BCUT2D eigenvalue weighted by Crippen LogP contribution is -2.10. The van der Waals surface area contributed by atoms with Crippen LogP contribution in [0.2, 0.25) is 0 Å². The minimum absolute atomic E-state index is 0.00598. The minimum atomic E-state index is -3.39. The van der Waals surface area contributed by atoms with E-state index in [0.717, 1.165) is 0 Å². The van der Waals surface area contributed by atoms with Crippen LogP contribution < -0.4 is 0 Å². The molecule has 0 aromatic carbocycles. The van der Waals surface area contributed by atoms with E-state index in [4.69, 9.17) is 19.1 Å². The second-order valence-corrected chi connectivity index (χ2v) is 4.48. The molecule has 0 heterocycles. The number of hydrogen-bond donors (Lipinski definition) is 1. The van der Waals surface area contributed by atoms with Gasteiger partial charge in [-0.05, 0) is 0 Å². The molecular weight excluding hydrogens is 239 g/mol. The van der Waals surface area contributed by atoms with E-state index in [1.165, 1.54) is 14.2 Å². The molecule has 0 aliphatic heterocycles. The normalized spacial score (nSPS) is 11.9. The maximum atomic E-state index is 11.4. The molecule has 0 bridgehead atoms. The quantitative estimate of drug-likeness (QED) is 0.425. The molecule has 7 nitrogen and oxygen atoms in total. The van der Waals surface area contributed by atoms with E-state index in [0.29, 0.717) is 19.8 Å². The van der Waals surface area contributed by atoms with Crippen LogP contribution in [-0.4, -0.2) is 59.0 Å². The van der Waals surface area contributed by atoms with Gasteiger partial charge in [0.1, 0.15) is 0 Å². The third-order valence-electron chi connectivity index (χ3n) is 1.53. The highest BCUT2D eigenvalue weighted by Crippen LogP contribution is 2.47. The van der Waals surface area contributed by atoms with Crippen LogP contribution in [0.3, 0.4) is 0 Å². The molecule has 0 spiro atoms. The highest BCUT2D eigenvalue weighted by Gasteiger charge is 2.21. The van der Waals surface area contributed by atoms with Crippen LogP contribution in [0.5, 0.6) is 0 Å². The van der Waals surface area contributed by atoms with Gasteiger partial charge in [0.05, 0.1) is 39.6 Å². The SMILES string of the molecule is COP(=O)(OC)OCCOCCOCCO. The van der Waals surface area contributed by atoms with Gasteiger partial charge in [0, 0.05) is 14.2 Å². The molecule has 16 heavy (non-hydrogen) atoms. The maximum Gasteiger partial charge on any atom is 0.474 e. The number of aliphatic hydroxyl groups is 1. The second-order valence-electron chi connectivity index (χ2n) is 2.59. The Kier molecular flexibility index (Phi) is 10.2. The predicted octanol–water partition coefficient (Wildman–Crippen LogP) is 0.429. The van der Waals surface area contributed by atoms with Crippen LogP contribution in [0.1, 0.15) is 0 Å². The first-order valence-corrected chi connectivity index (χ1v) is 6.27. The number of rotatable bonds is 11. The average molecular weight is 258 g/mol. The van der Waals surface area contributed by atoms with Crippen LogP contribution in [0.25, 0.3) is 0 Å². The third kappa shape index (κ3) is 8.18. The first kappa shape index (κ1) is 16.0. The molecule has 0 saturated heterocycles. The van der Waals surface area contributed by atoms with Crippen molar-refractivity contribution < 1.29 is 32.7 Å². The van der Waals surface area contributed by atoms with Crippen molar-refractivity contribution in [2.45, 2.75) is 0 Å². The Morgan fingerprint density at radius 3 is 1.94 bits per heavy atom. The zero-order valence-electron chi connectivity index (χ0n) is 9.59. The molecule has 0 aliphatic carbocycles. The molecule has 98 valence electrons.